The first kappa shape index (κ1) is 16.7. The number of methoxy groups -OCH3 is 2. The van der Waals surface area contributed by atoms with Gasteiger partial charge in [0.05, 0.1) is 19.9 Å². The van der Waals surface area contributed by atoms with Gasteiger partial charge in [-0.05, 0) is 35.9 Å². The smallest absolute Gasteiger partial charge is 0.248 e. The monoisotopic (exact) mass is 341 g/mol. The fraction of sp³-hybridized carbons (Fsp3) is 0.211. The van der Waals surface area contributed by atoms with Crippen molar-refractivity contribution in [2.24, 2.45) is 0 Å². The zero-order valence-electron chi connectivity index (χ0n) is 14.1. The molecule has 0 atom stereocenters. The van der Waals surface area contributed by atoms with E-state index in [1.165, 1.54) is 13.2 Å². The van der Waals surface area contributed by atoms with E-state index in [0.717, 1.165) is 11.3 Å². The molecule has 1 N–H and O–H groups in total. The molecule has 0 aromatic heterocycles. The summed E-state index contributed by atoms with van der Waals surface area (Å²) in [5.74, 6) is 2.32. The molecule has 0 spiro atoms. The van der Waals surface area contributed by atoms with Gasteiger partial charge >= 0.3 is 0 Å². The molecule has 2 aromatic carbocycles. The summed E-state index contributed by atoms with van der Waals surface area (Å²) in [6.07, 6.45) is 3.17. The molecule has 2 aromatic rings. The minimum absolute atomic E-state index is 0.265. The molecule has 1 aliphatic rings. The normalized spacial score (nSPS) is 12.7. The predicted molar refractivity (Wildman–Crippen MR) is 94.6 cm³/mol. The Bertz CT molecular complexity index is 800. The van der Waals surface area contributed by atoms with Crippen LogP contribution >= 0.6 is 0 Å². The lowest BCUT2D eigenvalue weighted by Gasteiger charge is -2.18. The molecule has 0 saturated heterocycles. The molecular weight excluding hydrogens is 322 g/mol. The van der Waals surface area contributed by atoms with Crippen molar-refractivity contribution in [3.8, 4) is 23.0 Å². The number of fused-ring (bicyclic) bond motifs is 1. The summed E-state index contributed by atoms with van der Waals surface area (Å²) >= 11 is 0. The Labute approximate surface area is 146 Å². The van der Waals surface area contributed by atoms with E-state index < -0.39 is 0 Å². The van der Waals surface area contributed by atoms with Crippen LogP contribution in [0.1, 0.15) is 5.56 Å². The van der Waals surface area contributed by atoms with Gasteiger partial charge in [0.2, 0.25) is 5.91 Å². The Balaban J connectivity index is 1.69. The van der Waals surface area contributed by atoms with E-state index in [0.29, 0.717) is 36.1 Å². The van der Waals surface area contributed by atoms with Gasteiger partial charge in [0.1, 0.15) is 24.7 Å². The number of hydrogen-bond donors (Lipinski definition) is 1. The third kappa shape index (κ3) is 4.03. The van der Waals surface area contributed by atoms with Crippen molar-refractivity contribution >= 4 is 17.7 Å². The third-order valence-electron chi connectivity index (χ3n) is 3.66. The number of carbonyl (C=O) groups excluding carboxylic acids is 1. The summed E-state index contributed by atoms with van der Waals surface area (Å²) in [6, 6.07) is 10.7. The Morgan fingerprint density at radius 3 is 2.60 bits per heavy atom. The lowest BCUT2D eigenvalue weighted by atomic mass is 10.2. The Hall–Kier alpha value is -3.15. The summed E-state index contributed by atoms with van der Waals surface area (Å²) in [5.41, 5.74) is 1.42. The Kier molecular flexibility index (Phi) is 5.09. The number of nitrogens with one attached hydrogen (secondary N) is 1. The molecule has 6 heteroatoms. The van der Waals surface area contributed by atoms with Crippen LogP contribution in [-0.4, -0.2) is 33.3 Å². The quantitative estimate of drug-likeness (QED) is 0.847. The molecule has 0 bridgehead atoms. The summed E-state index contributed by atoms with van der Waals surface area (Å²) in [6.45, 7) is 1.08. The van der Waals surface area contributed by atoms with Crippen LogP contribution in [0.4, 0.5) is 5.69 Å². The highest BCUT2D eigenvalue weighted by Crippen LogP contribution is 2.31. The maximum Gasteiger partial charge on any atom is 0.248 e. The van der Waals surface area contributed by atoms with Crippen molar-refractivity contribution in [3.63, 3.8) is 0 Å². The van der Waals surface area contributed by atoms with Gasteiger partial charge in [-0.25, -0.2) is 0 Å². The van der Waals surface area contributed by atoms with E-state index in [2.05, 4.69) is 5.32 Å². The molecule has 0 fully saturated rings. The summed E-state index contributed by atoms with van der Waals surface area (Å²) in [7, 11) is 3.11. The Morgan fingerprint density at radius 2 is 1.84 bits per heavy atom. The van der Waals surface area contributed by atoms with Gasteiger partial charge in [0.25, 0.3) is 0 Å². The number of anilines is 1. The van der Waals surface area contributed by atoms with Crippen LogP contribution < -0.4 is 24.3 Å². The first-order valence-corrected chi connectivity index (χ1v) is 7.80. The fourth-order valence-corrected chi connectivity index (χ4v) is 2.41. The average Bonchev–Trinajstić information content (AvgIpc) is 2.66. The first-order valence-electron chi connectivity index (χ1n) is 7.80. The van der Waals surface area contributed by atoms with E-state index >= 15 is 0 Å². The number of amides is 1. The van der Waals surface area contributed by atoms with Crippen LogP contribution in [0.15, 0.2) is 42.5 Å². The van der Waals surface area contributed by atoms with Crippen molar-refractivity contribution in [1.82, 2.24) is 0 Å². The van der Waals surface area contributed by atoms with Crippen LogP contribution in [0.5, 0.6) is 23.0 Å². The third-order valence-corrected chi connectivity index (χ3v) is 3.66. The molecule has 0 unspecified atom stereocenters. The van der Waals surface area contributed by atoms with Crippen LogP contribution in [0.2, 0.25) is 0 Å². The van der Waals surface area contributed by atoms with E-state index in [-0.39, 0.29) is 5.91 Å². The summed E-state index contributed by atoms with van der Waals surface area (Å²) < 4.78 is 21.4. The highest BCUT2D eigenvalue weighted by molar-refractivity contribution is 6.02. The minimum Gasteiger partial charge on any atom is -0.497 e. The topological polar surface area (TPSA) is 66.0 Å². The van der Waals surface area contributed by atoms with E-state index in [1.807, 2.05) is 18.2 Å². The average molecular weight is 341 g/mol. The van der Waals surface area contributed by atoms with Crippen LogP contribution in [0.25, 0.3) is 6.08 Å². The second-order valence-electron chi connectivity index (χ2n) is 5.29. The van der Waals surface area contributed by atoms with E-state index in [1.54, 1.807) is 31.4 Å². The van der Waals surface area contributed by atoms with Crippen LogP contribution in [0, 0.1) is 0 Å². The van der Waals surface area contributed by atoms with Gasteiger partial charge in [0, 0.05) is 12.1 Å². The van der Waals surface area contributed by atoms with Crippen molar-refractivity contribution in [2.75, 3.05) is 32.8 Å². The molecule has 3 rings (SSSR count). The van der Waals surface area contributed by atoms with Crippen molar-refractivity contribution < 1.29 is 23.7 Å². The maximum absolute atomic E-state index is 12.2. The fourth-order valence-electron chi connectivity index (χ4n) is 2.41. The molecule has 0 radical (unpaired) electrons. The number of carbonyl (C=O) groups is 1. The molecule has 0 aliphatic carbocycles. The van der Waals surface area contributed by atoms with Crippen molar-refractivity contribution in [1.29, 1.82) is 0 Å². The van der Waals surface area contributed by atoms with Crippen molar-refractivity contribution in [3.05, 3.63) is 48.0 Å². The van der Waals surface area contributed by atoms with Gasteiger partial charge in [-0.2, -0.15) is 0 Å². The molecule has 1 aliphatic heterocycles. The highest BCUT2D eigenvalue weighted by Gasteiger charge is 2.11. The van der Waals surface area contributed by atoms with Crippen LogP contribution in [0.3, 0.4) is 0 Å². The standard InChI is InChI=1S/C19H19NO5/c1-22-14-5-6-15(17(12-14)23-2)20-19(21)8-4-13-3-7-16-18(11-13)25-10-9-24-16/h3-8,11-12H,9-10H2,1-2H3,(H,20,21). The molecular formula is C19H19NO5. The molecule has 25 heavy (non-hydrogen) atoms. The first-order chi connectivity index (χ1) is 12.2. The van der Waals surface area contributed by atoms with Gasteiger partial charge in [-0.15, -0.1) is 0 Å². The number of hydrogen-bond acceptors (Lipinski definition) is 5. The van der Waals surface area contributed by atoms with Gasteiger partial charge in [-0.1, -0.05) is 6.07 Å². The van der Waals surface area contributed by atoms with E-state index in [4.69, 9.17) is 18.9 Å². The predicted octanol–water partition coefficient (Wildman–Crippen LogP) is 3.13. The lowest BCUT2D eigenvalue weighted by molar-refractivity contribution is -0.111. The maximum atomic E-state index is 12.2. The molecule has 6 nitrogen and oxygen atoms in total. The van der Waals surface area contributed by atoms with Gasteiger partial charge < -0.3 is 24.3 Å². The van der Waals surface area contributed by atoms with E-state index in [9.17, 15) is 4.79 Å². The zero-order valence-corrected chi connectivity index (χ0v) is 14.1. The highest BCUT2D eigenvalue weighted by atomic mass is 16.6. The second kappa shape index (κ2) is 7.61. The number of rotatable bonds is 5. The number of ether oxygens (including phenoxy) is 4. The zero-order chi connectivity index (χ0) is 17.6. The SMILES string of the molecule is COc1ccc(NC(=O)C=Cc2ccc3c(c2)OCCO3)c(OC)c1. The second-order valence-corrected chi connectivity index (χ2v) is 5.29. The van der Waals surface area contributed by atoms with Gasteiger partial charge in [0.15, 0.2) is 11.5 Å². The largest absolute Gasteiger partial charge is 0.497 e. The minimum atomic E-state index is -0.265. The summed E-state index contributed by atoms with van der Waals surface area (Å²) in [4.78, 5) is 12.2. The molecule has 1 heterocycles. The molecule has 0 saturated carbocycles. The van der Waals surface area contributed by atoms with Gasteiger partial charge in [-0.3, -0.25) is 4.79 Å². The number of benzene rings is 2. The lowest BCUT2D eigenvalue weighted by Crippen LogP contribution is -2.15. The van der Waals surface area contributed by atoms with Crippen molar-refractivity contribution in [2.45, 2.75) is 0 Å². The summed E-state index contributed by atoms with van der Waals surface area (Å²) in [5, 5.41) is 2.78. The molecule has 130 valence electrons. The Morgan fingerprint density at radius 1 is 1.04 bits per heavy atom. The molecule has 1 amide bonds. The van der Waals surface area contributed by atoms with Crippen LogP contribution in [-0.2, 0) is 4.79 Å².